The molecule has 0 spiro atoms. The molecule has 0 aliphatic carbocycles. The van der Waals surface area contributed by atoms with Gasteiger partial charge in [0.1, 0.15) is 5.82 Å². The fourth-order valence-electron chi connectivity index (χ4n) is 3.49. The molecule has 0 heterocycles. The molecule has 3 aromatic carbocycles. The van der Waals surface area contributed by atoms with Crippen molar-refractivity contribution in [1.29, 1.82) is 0 Å². The molecule has 33 heavy (non-hydrogen) atoms. The number of nitrogens with one attached hydrogen (secondary N) is 3. The van der Waals surface area contributed by atoms with Gasteiger partial charge in [-0.3, -0.25) is 4.90 Å². The van der Waals surface area contributed by atoms with Gasteiger partial charge in [0.25, 0.3) is 0 Å². The van der Waals surface area contributed by atoms with Crippen LogP contribution in [-0.2, 0) is 0 Å². The zero-order valence-electron chi connectivity index (χ0n) is 19.1. The Hall–Kier alpha value is -3.87. The zero-order valence-corrected chi connectivity index (χ0v) is 19.1. The number of nitrogens with zero attached hydrogens (tertiary/aromatic N) is 1. The number of amides is 4. The molecule has 0 atom stereocenters. The van der Waals surface area contributed by atoms with Crippen LogP contribution in [0.5, 0.6) is 0 Å². The van der Waals surface area contributed by atoms with Gasteiger partial charge in [0.2, 0.25) is 0 Å². The third kappa shape index (κ3) is 6.80. The monoisotopic (exact) mass is 448 g/mol. The molecule has 3 rings (SSSR count). The first-order valence-electron chi connectivity index (χ1n) is 10.9. The van der Waals surface area contributed by atoms with Gasteiger partial charge in [0.15, 0.2) is 0 Å². The van der Waals surface area contributed by atoms with E-state index >= 15 is 0 Å². The number of carbonyl (C=O) groups excluding carboxylic acids is 2. The number of benzene rings is 3. The first-order chi connectivity index (χ1) is 15.8. The normalized spacial score (nSPS) is 10.4. The third-order valence-electron chi connectivity index (χ3n) is 5.22. The molecule has 7 heteroatoms. The number of aryl methyl sites for hydroxylation is 3. The van der Waals surface area contributed by atoms with Crippen molar-refractivity contribution in [2.45, 2.75) is 27.2 Å². The summed E-state index contributed by atoms with van der Waals surface area (Å²) in [4.78, 5) is 26.8. The van der Waals surface area contributed by atoms with Crippen molar-refractivity contribution in [2.75, 3.05) is 28.6 Å². The SMILES string of the molecule is Cc1cccc(NC(=O)N(CCCNC(=O)Nc2c(C)cccc2C)c2ccc(F)cc2)c1. The molecule has 0 radical (unpaired) electrons. The second kappa shape index (κ2) is 11.1. The molecule has 4 amide bonds. The van der Waals surface area contributed by atoms with E-state index in [0.717, 1.165) is 22.4 Å². The Labute approximate surface area is 193 Å². The highest BCUT2D eigenvalue weighted by molar-refractivity contribution is 6.01. The highest BCUT2D eigenvalue weighted by Crippen LogP contribution is 2.20. The van der Waals surface area contributed by atoms with E-state index in [9.17, 15) is 14.0 Å². The van der Waals surface area contributed by atoms with Crippen LogP contribution in [0.4, 0.5) is 31.0 Å². The van der Waals surface area contributed by atoms with Crippen molar-refractivity contribution in [3.63, 3.8) is 0 Å². The Morgan fingerprint density at radius 1 is 0.879 bits per heavy atom. The van der Waals surface area contributed by atoms with Gasteiger partial charge in [-0.05, 0) is 80.3 Å². The van der Waals surface area contributed by atoms with Crippen LogP contribution in [0.1, 0.15) is 23.1 Å². The summed E-state index contributed by atoms with van der Waals surface area (Å²) >= 11 is 0. The van der Waals surface area contributed by atoms with Gasteiger partial charge >= 0.3 is 12.1 Å². The second-order valence-corrected chi connectivity index (χ2v) is 7.93. The van der Waals surface area contributed by atoms with Gasteiger partial charge < -0.3 is 16.0 Å². The van der Waals surface area contributed by atoms with Crippen LogP contribution in [-0.4, -0.2) is 25.2 Å². The third-order valence-corrected chi connectivity index (χ3v) is 5.22. The molecular weight excluding hydrogens is 419 g/mol. The highest BCUT2D eigenvalue weighted by atomic mass is 19.1. The molecule has 172 valence electrons. The van der Waals surface area contributed by atoms with E-state index in [0.29, 0.717) is 30.9 Å². The lowest BCUT2D eigenvalue weighted by atomic mass is 10.1. The maximum atomic E-state index is 13.4. The number of carbonyl (C=O) groups is 2. The van der Waals surface area contributed by atoms with Crippen LogP contribution in [0, 0.1) is 26.6 Å². The number of halogens is 1. The highest BCUT2D eigenvalue weighted by Gasteiger charge is 2.16. The summed E-state index contributed by atoms with van der Waals surface area (Å²) in [6.07, 6.45) is 0.513. The van der Waals surface area contributed by atoms with Gasteiger partial charge in [-0.25, -0.2) is 14.0 Å². The Morgan fingerprint density at radius 2 is 1.55 bits per heavy atom. The van der Waals surface area contributed by atoms with Gasteiger partial charge in [-0.1, -0.05) is 30.3 Å². The smallest absolute Gasteiger partial charge is 0.326 e. The number of hydrogen-bond acceptors (Lipinski definition) is 2. The molecule has 3 aromatic rings. The number of urea groups is 2. The molecule has 0 bridgehead atoms. The lowest BCUT2D eigenvalue weighted by molar-refractivity contribution is 0.252. The summed E-state index contributed by atoms with van der Waals surface area (Å²) in [5.74, 6) is -0.373. The number of para-hydroxylation sites is 1. The van der Waals surface area contributed by atoms with Gasteiger partial charge in [0.05, 0.1) is 0 Å². The molecule has 6 nitrogen and oxygen atoms in total. The maximum absolute atomic E-state index is 13.4. The van der Waals surface area contributed by atoms with Crippen LogP contribution >= 0.6 is 0 Å². The molecular formula is C26H29FN4O2. The maximum Gasteiger partial charge on any atom is 0.326 e. The van der Waals surface area contributed by atoms with E-state index in [1.807, 2.05) is 63.2 Å². The van der Waals surface area contributed by atoms with E-state index in [-0.39, 0.29) is 17.9 Å². The van der Waals surface area contributed by atoms with Crippen molar-refractivity contribution in [1.82, 2.24) is 5.32 Å². The molecule has 0 aliphatic heterocycles. The lowest BCUT2D eigenvalue weighted by Gasteiger charge is -2.23. The number of anilines is 3. The van der Waals surface area contributed by atoms with E-state index in [1.165, 1.54) is 17.0 Å². The fourth-order valence-corrected chi connectivity index (χ4v) is 3.49. The topological polar surface area (TPSA) is 73.5 Å². The zero-order chi connectivity index (χ0) is 23.8. The van der Waals surface area contributed by atoms with E-state index < -0.39 is 0 Å². The quantitative estimate of drug-likeness (QED) is 0.388. The summed E-state index contributed by atoms with van der Waals surface area (Å²) in [5.41, 5.74) is 5.04. The first kappa shape index (κ1) is 23.8. The Bertz CT molecular complexity index is 1100. The summed E-state index contributed by atoms with van der Waals surface area (Å²) in [5, 5.41) is 8.59. The van der Waals surface area contributed by atoms with Crippen LogP contribution in [0.2, 0.25) is 0 Å². The summed E-state index contributed by atoms with van der Waals surface area (Å²) in [6.45, 7) is 6.54. The Morgan fingerprint density at radius 3 is 2.21 bits per heavy atom. The standard InChI is InChI=1S/C26H29FN4O2/c1-18-7-4-10-22(17-18)29-26(33)31(23-13-11-21(27)12-14-23)16-6-15-28-25(32)30-24-19(2)8-5-9-20(24)3/h4-5,7-14,17H,6,15-16H2,1-3H3,(H,29,33)(H2,28,30,32). The van der Waals surface area contributed by atoms with Crippen molar-refractivity contribution < 1.29 is 14.0 Å². The Balaban J connectivity index is 1.60. The molecule has 0 fully saturated rings. The largest absolute Gasteiger partial charge is 0.338 e. The predicted octanol–water partition coefficient (Wildman–Crippen LogP) is 6.00. The van der Waals surface area contributed by atoms with E-state index in [4.69, 9.17) is 0 Å². The average molecular weight is 449 g/mol. The van der Waals surface area contributed by atoms with Crippen molar-refractivity contribution in [2.24, 2.45) is 0 Å². The minimum absolute atomic E-state index is 0.301. The van der Waals surface area contributed by atoms with Crippen molar-refractivity contribution >= 4 is 29.1 Å². The fraction of sp³-hybridized carbons (Fsp3) is 0.231. The predicted molar refractivity (Wildman–Crippen MR) is 131 cm³/mol. The minimum Gasteiger partial charge on any atom is -0.338 e. The van der Waals surface area contributed by atoms with Gasteiger partial charge in [-0.2, -0.15) is 0 Å². The van der Waals surface area contributed by atoms with E-state index in [2.05, 4.69) is 16.0 Å². The van der Waals surface area contributed by atoms with Crippen LogP contribution in [0.25, 0.3) is 0 Å². The number of rotatable bonds is 7. The second-order valence-electron chi connectivity index (χ2n) is 7.93. The van der Waals surface area contributed by atoms with Gasteiger partial charge in [0, 0.05) is 30.2 Å². The summed E-state index contributed by atoms with van der Waals surface area (Å²) in [7, 11) is 0. The van der Waals surface area contributed by atoms with Crippen LogP contribution in [0.15, 0.2) is 66.7 Å². The molecule has 0 unspecified atom stereocenters. The molecule has 0 saturated carbocycles. The van der Waals surface area contributed by atoms with E-state index in [1.54, 1.807) is 12.1 Å². The summed E-state index contributed by atoms with van der Waals surface area (Å²) in [6, 6.07) is 18.5. The minimum atomic E-state index is -0.373. The molecule has 0 aromatic heterocycles. The lowest BCUT2D eigenvalue weighted by Crippen LogP contribution is -2.38. The first-order valence-corrected chi connectivity index (χ1v) is 10.9. The average Bonchev–Trinajstić information content (AvgIpc) is 2.77. The Kier molecular flexibility index (Phi) is 8.02. The van der Waals surface area contributed by atoms with Crippen molar-refractivity contribution in [3.05, 3.63) is 89.2 Å². The summed E-state index contributed by atoms with van der Waals surface area (Å²) < 4.78 is 13.4. The number of hydrogen-bond donors (Lipinski definition) is 3. The molecule has 3 N–H and O–H groups in total. The van der Waals surface area contributed by atoms with Crippen molar-refractivity contribution in [3.8, 4) is 0 Å². The van der Waals surface area contributed by atoms with Crippen LogP contribution < -0.4 is 20.9 Å². The van der Waals surface area contributed by atoms with Crippen LogP contribution in [0.3, 0.4) is 0 Å². The molecule has 0 aliphatic rings. The molecule has 0 saturated heterocycles. The van der Waals surface area contributed by atoms with Gasteiger partial charge in [-0.15, -0.1) is 0 Å².